The van der Waals surface area contributed by atoms with Crippen LogP contribution in [0.15, 0.2) is 34.9 Å². The van der Waals surface area contributed by atoms with Gasteiger partial charge in [-0.1, -0.05) is 22.0 Å². The Morgan fingerprint density at radius 1 is 1.17 bits per heavy atom. The number of nitrogens with zero attached hydrogens (tertiary/aromatic N) is 1. The van der Waals surface area contributed by atoms with Crippen molar-refractivity contribution in [2.24, 2.45) is 5.92 Å². The lowest BCUT2D eigenvalue weighted by molar-refractivity contribution is -0.112. The Bertz CT molecular complexity index is 567. The minimum absolute atomic E-state index is 0.287. The largest absolute Gasteiger partial charge is 0.344 e. The number of fused-ring (bicyclic) bond motifs is 1. The summed E-state index contributed by atoms with van der Waals surface area (Å²) in [4.78, 5) is 10.8. The lowest BCUT2D eigenvalue weighted by atomic mass is 9.87. The molecule has 1 aliphatic carbocycles. The molecule has 2 nitrogen and oxygen atoms in total. The van der Waals surface area contributed by atoms with Gasteiger partial charge in [0.15, 0.2) is 0 Å². The molecule has 0 saturated heterocycles. The number of halogens is 1. The van der Waals surface area contributed by atoms with Gasteiger partial charge >= 0.3 is 0 Å². The Balaban J connectivity index is 1.91. The highest BCUT2D eigenvalue weighted by Gasteiger charge is 2.22. The molecule has 1 aliphatic rings. The Morgan fingerprint density at radius 2 is 1.94 bits per heavy atom. The first-order valence-corrected chi connectivity index (χ1v) is 7.29. The van der Waals surface area contributed by atoms with Crippen LogP contribution in [0.4, 0.5) is 0 Å². The molecule has 0 atom stereocenters. The first-order chi connectivity index (χ1) is 8.79. The van der Waals surface area contributed by atoms with Crippen molar-refractivity contribution in [2.45, 2.75) is 31.7 Å². The van der Waals surface area contributed by atoms with Gasteiger partial charge in [0, 0.05) is 33.5 Å². The first-order valence-electron chi connectivity index (χ1n) is 6.50. The molecule has 1 aromatic carbocycles. The topological polar surface area (TPSA) is 22.0 Å². The maximum atomic E-state index is 10.8. The van der Waals surface area contributed by atoms with Crippen LogP contribution in [0.1, 0.15) is 31.7 Å². The molecular formula is C15H16BrNO. The summed E-state index contributed by atoms with van der Waals surface area (Å²) in [5.74, 6) is 0.287. The third-order valence-corrected chi connectivity index (χ3v) is 4.73. The standard InChI is InChI=1S/C15H16BrNO/c16-14-2-1-3-15-13(14)8-9-17(15)12-6-4-11(10-18)5-7-12/h1-3,8-12H,4-7H2. The fourth-order valence-electron chi connectivity index (χ4n) is 2.99. The van der Waals surface area contributed by atoms with Gasteiger partial charge in [-0.3, -0.25) is 0 Å². The molecule has 1 saturated carbocycles. The lowest BCUT2D eigenvalue weighted by Crippen LogP contribution is -2.18. The van der Waals surface area contributed by atoms with Crippen molar-refractivity contribution in [3.63, 3.8) is 0 Å². The predicted octanol–water partition coefficient (Wildman–Crippen LogP) is 4.33. The zero-order valence-electron chi connectivity index (χ0n) is 10.2. The third kappa shape index (κ3) is 2.01. The minimum atomic E-state index is 0.287. The average Bonchev–Trinajstić information content (AvgIpc) is 2.84. The molecule has 1 heterocycles. The number of hydrogen-bond acceptors (Lipinski definition) is 1. The molecule has 1 aromatic heterocycles. The molecule has 0 N–H and O–H groups in total. The maximum Gasteiger partial charge on any atom is 0.123 e. The molecule has 18 heavy (non-hydrogen) atoms. The molecule has 3 heteroatoms. The average molecular weight is 306 g/mol. The van der Waals surface area contributed by atoms with Crippen molar-refractivity contribution in [1.29, 1.82) is 0 Å². The first kappa shape index (κ1) is 12.0. The highest BCUT2D eigenvalue weighted by atomic mass is 79.9. The smallest absolute Gasteiger partial charge is 0.123 e. The van der Waals surface area contributed by atoms with E-state index in [9.17, 15) is 4.79 Å². The Hall–Kier alpha value is -1.09. The number of rotatable bonds is 2. The fraction of sp³-hybridized carbons (Fsp3) is 0.400. The van der Waals surface area contributed by atoms with Crippen molar-refractivity contribution < 1.29 is 4.79 Å². The molecule has 2 aromatic rings. The van der Waals surface area contributed by atoms with Gasteiger partial charge in [0.25, 0.3) is 0 Å². The van der Waals surface area contributed by atoms with E-state index in [0.717, 1.165) is 36.4 Å². The quantitative estimate of drug-likeness (QED) is 0.757. The Kier molecular flexibility index (Phi) is 3.25. The van der Waals surface area contributed by atoms with Crippen LogP contribution in [0.5, 0.6) is 0 Å². The van der Waals surface area contributed by atoms with E-state index in [1.54, 1.807) is 0 Å². The van der Waals surface area contributed by atoms with Gasteiger partial charge in [-0.15, -0.1) is 0 Å². The van der Waals surface area contributed by atoms with E-state index in [4.69, 9.17) is 0 Å². The molecule has 1 fully saturated rings. The van der Waals surface area contributed by atoms with Gasteiger partial charge in [-0.25, -0.2) is 0 Å². The van der Waals surface area contributed by atoms with Crippen molar-refractivity contribution in [3.8, 4) is 0 Å². The van der Waals surface area contributed by atoms with Crippen LogP contribution in [-0.2, 0) is 4.79 Å². The summed E-state index contributed by atoms with van der Waals surface area (Å²) in [6.07, 6.45) is 7.59. The summed E-state index contributed by atoms with van der Waals surface area (Å²) in [7, 11) is 0. The van der Waals surface area contributed by atoms with E-state index in [1.165, 1.54) is 10.9 Å². The summed E-state index contributed by atoms with van der Waals surface area (Å²) in [5.41, 5.74) is 1.29. The van der Waals surface area contributed by atoms with Crippen molar-refractivity contribution in [3.05, 3.63) is 34.9 Å². The van der Waals surface area contributed by atoms with E-state index < -0.39 is 0 Å². The van der Waals surface area contributed by atoms with E-state index >= 15 is 0 Å². The number of benzene rings is 1. The molecular weight excluding hydrogens is 290 g/mol. The molecule has 0 amide bonds. The highest BCUT2D eigenvalue weighted by Crippen LogP contribution is 2.35. The minimum Gasteiger partial charge on any atom is -0.344 e. The van der Waals surface area contributed by atoms with Crippen LogP contribution in [0, 0.1) is 5.92 Å². The molecule has 0 radical (unpaired) electrons. The molecule has 0 aliphatic heterocycles. The van der Waals surface area contributed by atoms with Crippen LogP contribution in [-0.4, -0.2) is 10.9 Å². The number of aldehydes is 1. The van der Waals surface area contributed by atoms with E-state index in [-0.39, 0.29) is 5.92 Å². The van der Waals surface area contributed by atoms with Gasteiger partial charge in [0.2, 0.25) is 0 Å². The van der Waals surface area contributed by atoms with Crippen molar-refractivity contribution >= 4 is 33.1 Å². The summed E-state index contributed by atoms with van der Waals surface area (Å²) < 4.78 is 3.53. The second-order valence-corrected chi connectivity index (χ2v) is 5.95. The van der Waals surface area contributed by atoms with Gasteiger partial charge in [-0.05, 0) is 43.9 Å². The summed E-state index contributed by atoms with van der Waals surface area (Å²) >= 11 is 3.60. The Morgan fingerprint density at radius 3 is 2.67 bits per heavy atom. The van der Waals surface area contributed by atoms with Crippen LogP contribution in [0.25, 0.3) is 10.9 Å². The SMILES string of the molecule is O=CC1CCC(n2ccc3c(Br)cccc32)CC1. The van der Waals surface area contributed by atoms with Crippen LogP contribution >= 0.6 is 15.9 Å². The monoisotopic (exact) mass is 305 g/mol. The van der Waals surface area contributed by atoms with Crippen LogP contribution in [0.3, 0.4) is 0 Å². The van der Waals surface area contributed by atoms with Crippen LogP contribution in [0.2, 0.25) is 0 Å². The number of hydrogen-bond donors (Lipinski definition) is 0. The van der Waals surface area contributed by atoms with Gasteiger partial charge < -0.3 is 9.36 Å². The summed E-state index contributed by atoms with van der Waals surface area (Å²) in [6.45, 7) is 0. The fourth-order valence-corrected chi connectivity index (χ4v) is 3.47. The molecule has 0 unspecified atom stereocenters. The van der Waals surface area contributed by atoms with E-state index in [1.807, 2.05) is 0 Å². The van der Waals surface area contributed by atoms with E-state index in [0.29, 0.717) is 6.04 Å². The molecule has 0 bridgehead atoms. The van der Waals surface area contributed by atoms with Gasteiger partial charge in [-0.2, -0.15) is 0 Å². The second-order valence-electron chi connectivity index (χ2n) is 5.10. The van der Waals surface area contributed by atoms with Gasteiger partial charge in [0.05, 0.1) is 0 Å². The molecule has 94 valence electrons. The zero-order valence-corrected chi connectivity index (χ0v) is 11.8. The number of carbonyl (C=O) groups excluding carboxylic acids is 1. The lowest BCUT2D eigenvalue weighted by Gasteiger charge is -2.27. The number of carbonyl (C=O) groups is 1. The highest BCUT2D eigenvalue weighted by molar-refractivity contribution is 9.10. The third-order valence-electron chi connectivity index (χ3n) is 4.04. The summed E-state index contributed by atoms with van der Waals surface area (Å²) in [6, 6.07) is 9.06. The van der Waals surface area contributed by atoms with E-state index in [2.05, 4.69) is 51.0 Å². The second kappa shape index (κ2) is 4.88. The maximum absolute atomic E-state index is 10.8. The van der Waals surface area contributed by atoms with Gasteiger partial charge in [0.1, 0.15) is 6.29 Å². The normalized spacial score (nSPS) is 24.3. The molecule has 3 rings (SSSR count). The number of aromatic nitrogens is 1. The zero-order chi connectivity index (χ0) is 12.5. The molecule has 0 spiro atoms. The summed E-state index contributed by atoms with van der Waals surface area (Å²) in [5, 5.41) is 1.27. The van der Waals surface area contributed by atoms with Crippen LogP contribution < -0.4 is 0 Å². The Labute approximate surface area is 115 Å². The predicted molar refractivity (Wildman–Crippen MR) is 76.7 cm³/mol. The van der Waals surface area contributed by atoms with Crippen molar-refractivity contribution in [1.82, 2.24) is 4.57 Å². The van der Waals surface area contributed by atoms with Crippen molar-refractivity contribution in [2.75, 3.05) is 0 Å².